The lowest BCUT2D eigenvalue weighted by atomic mass is 10.1. The predicted octanol–water partition coefficient (Wildman–Crippen LogP) is 1.88. The first-order chi connectivity index (χ1) is 10.7. The van der Waals surface area contributed by atoms with Crippen LogP contribution in [-0.4, -0.2) is 38.0 Å². The maximum absolute atomic E-state index is 12.3. The number of carbonyl (C=O) groups excluding carboxylic acids is 2. The number of anilines is 1. The van der Waals surface area contributed by atoms with Crippen LogP contribution < -0.4 is 15.5 Å². The van der Waals surface area contributed by atoms with Gasteiger partial charge in [-0.05, 0) is 37.6 Å². The van der Waals surface area contributed by atoms with Gasteiger partial charge in [0.2, 0.25) is 5.91 Å². The Balaban J connectivity index is 0.00000192. The molecule has 0 radical (unpaired) electrons. The second kappa shape index (κ2) is 8.13. The van der Waals surface area contributed by atoms with Gasteiger partial charge in [0.1, 0.15) is 0 Å². The molecule has 3 rings (SSSR count). The quantitative estimate of drug-likeness (QED) is 0.826. The van der Waals surface area contributed by atoms with Gasteiger partial charge in [0.15, 0.2) is 0 Å². The largest absolute Gasteiger partial charge is 0.348 e. The molecule has 0 spiro atoms. The van der Waals surface area contributed by atoms with Gasteiger partial charge in [-0.2, -0.15) is 0 Å². The number of carbonyl (C=O) groups is 2. The summed E-state index contributed by atoms with van der Waals surface area (Å²) in [6.45, 7) is 3.17. The average molecular weight is 336 g/mol. The number of nitrogens with zero attached hydrogens (tertiary/aromatic N) is 1. The van der Waals surface area contributed by atoms with E-state index in [4.69, 9.17) is 0 Å². The third kappa shape index (κ3) is 4.33. The zero-order chi connectivity index (χ0) is 15.4. The minimum atomic E-state index is -0.0899. The highest BCUT2D eigenvalue weighted by atomic mass is 35.5. The van der Waals surface area contributed by atoms with E-state index in [-0.39, 0.29) is 24.2 Å². The van der Waals surface area contributed by atoms with E-state index >= 15 is 0 Å². The molecule has 2 N–H and O–H groups in total. The molecule has 1 fully saturated rings. The number of halogens is 1. The lowest BCUT2D eigenvalue weighted by Crippen LogP contribution is -2.30. The number of hydrogen-bond acceptors (Lipinski definition) is 3. The molecule has 0 aliphatic carbocycles. The van der Waals surface area contributed by atoms with E-state index in [1.165, 1.54) is 5.57 Å². The summed E-state index contributed by atoms with van der Waals surface area (Å²) in [7, 11) is 0. The Morgan fingerprint density at radius 2 is 2.17 bits per heavy atom. The summed E-state index contributed by atoms with van der Waals surface area (Å²) in [4.78, 5) is 25.8. The molecular weight excluding hydrogens is 314 g/mol. The van der Waals surface area contributed by atoms with Gasteiger partial charge >= 0.3 is 0 Å². The molecular formula is C17H22ClN3O2. The molecule has 5 nitrogen and oxygen atoms in total. The summed E-state index contributed by atoms with van der Waals surface area (Å²) in [6.07, 6.45) is 4.59. The van der Waals surface area contributed by atoms with Gasteiger partial charge in [0.05, 0.1) is 0 Å². The van der Waals surface area contributed by atoms with Gasteiger partial charge in [0.25, 0.3) is 5.91 Å². The summed E-state index contributed by atoms with van der Waals surface area (Å²) in [5.74, 6) is 0.0466. The van der Waals surface area contributed by atoms with Gasteiger partial charge in [-0.25, -0.2) is 0 Å². The number of benzene rings is 1. The van der Waals surface area contributed by atoms with Crippen molar-refractivity contribution in [2.75, 3.05) is 31.1 Å². The van der Waals surface area contributed by atoms with Crippen LogP contribution in [0.25, 0.3) is 0 Å². The van der Waals surface area contributed by atoms with E-state index in [9.17, 15) is 9.59 Å². The first kappa shape index (κ1) is 17.5. The molecule has 1 saturated heterocycles. The summed E-state index contributed by atoms with van der Waals surface area (Å²) in [5.41, 5.74) is 2.68. The molecule has 2 heterocycles. The summed E-state index contributed by atoms with van der Waals surface area (Å²) < 4.78 is 0. The summed E-state index contributed by atoms with van der Waals surface area (Å²) >= 11 is 0. The lowest BCUT2D eigenvalue weighted by molar-refractivity contribution is -0.117. The predicted molar refractivity (Wildman–Crippen MR) is 93.2 cm³/mol. The van der Waals surface area contributed by atoms with Crippen LogP contribution in [0.1, 0.15) is 29.6 Å². The second-order valence-corrected chi connectivity index (χ2v) is 5.70. The van der Waals surface area contributed by atoms with Crippen molar-refractivity contribution in [2.24, 2.45) is 0 Å². The Labute approximate surface area is 142 Å². The molecule has 0 bridgehead atoms. The van der Waals surface area contributed by atoms with E-state index in [2.05, 4.69) is 16.7 Å². The van der Waals surface area contributed by atoms with Gasteiger partial charge < -0.3 is 15.5 Å². The van der Waals surface area contributed by atoms with Gasteiger partial charge in [-0.15, -0.1) is 12.4 Å². The molecule has 2 amide bonds. The van der Waals surface area contributed by atoms with Gasteiger partial charge in [-0.3, -0.25) is 9.59 Å². The van der Waals surface area contributed by atoms with Crippen LogP contribution in [0.3, 0.4) is 0 Å². The van der Waals surface area contributed by atoms with Crippen molar-refractivity contribution in [3.63, 3.8) is 0 Å². The molecule has 0 aromatic heterocycles. The van der Waals surface area contributed by atoms with Crippen molar-refractivity contribution >= 4 is 29.9 Å². The third-order valence-corrected chi connectivity index (χ3v) is 4.13. The fourth-order valence-corrected chi connectivity index (χ4v) is 2.86. The van der Waals surface area contributed by atoms with Crippen LogP contribution in [0.4, 0.5) is 5.69 Å². The van der Waals surface area contributed by atoms with Crippen LogP contribution in [0.2, 0.25) is 0 Å². The minimum absolute atomic E-state index is 0. The van der Waals surface area contributed by atoms with Crippen LogP contribution in [0, 0.1) is 0 Å². The molecule has 0 unspecified atom stereocenters. The minimum Gasteiger partial charge on any atom is -0.348 e. The van der Waals surface area contributed by atoms with Crippen LogP contribution >= 0.6 is 12.4 Å². The van der Waals surface area contributed by atoms with Crippen LogP contribution in [0.15, 0.2) is 35.9 Å². The van der Waals surface area contributed by atoms with E-state index < -0.39 is 0 Å². The molecule has 1 aromatic carbocycles. The number of nitrogens with one attached hydrogen (secondary N) is 2. The molecule has 6 heteroatoms. The Morgan fingerprint density at radius 3 is 2.87 bits per heavy atom. The molecule has 1 aromatic rings. The van der Waals surface area contributed by atoms with Crippen molar-refractivity contribution < 1.29 is 9.59 Å². The highest BCUT2D eigenvalue weighted by Gasteiger charge is 2.22. The Kier molecular flexibility index (Phi) is 6.19. The maximum atomic E-state index is 12.3. The Hall–Kier alpha value is -1.85. The SMILES string of the molecule is Cl.O=C(NCC1=CCNCC1)c1cccc(N2CCCC2=O)c1. The van der Waals surface area contributed by atoms with E-state index in [0.717, 1.165) is 38.2 Å². The Bertz CT molecular complexity index is 616. The zero-order valence-corrected chi connectivity index (χ0v) is 13.8. The standard InChI is InChI=1S/C17H21N3O2.ClH/c21-16-5-2-10-20(16)15-4-1-3-14(11-15)17(22)19-12-13-6-8-18-9-7-13;/h1,3-4,6,11,18H,2,5,7-10,12H2,(H,19,22);1H. The van der Waals surface area contributed by atoms with E-state index in [1.807, 2.05) is 12.1 Å². The Morgan fingerprint density at radius 1 is 1.30 bits per heavy atom. The number of rotatable bonds is 4. The zero-order valence-electron chi connectivity index (χ0n) is 13.0. The van der Waals surface area contributed by atoms with Crippen molar-refractivity contribution in [1.82, 2.24) is 10.6 Å². The molecule has 124 valence electrons. The van der Waals surface area contributed by atoms with Crippen molar-refractivity contribution in [2.45, 2.75) is 19.3 Å². The average Bonchev–Trinajstić information content (AvgIpc) is 3.00. The number of hydrogen-bond donors (Lipinski definition) is 2. The summed E-state index contributed by atoms with van der Waals surface area (Å²) in [6, 6.07) is 7.31. The summed E-state index contributed by atoms with van der Waals surface area (Å²) in [5, 5.41) is 6.21. The molecule has 2 aliphatic heterocycles. The highest BCUT2D eigenvalue weighted by molar-refractivity contribution is 5.99. The van der Waals surface area contributed by atoms with Crippen molar-refractivity contribution in [3.05, 3.63) is 41.5 Å². The van der Waals surface area contributed by atoms with Gasteiger partial charge in [0, 0.05) is 37.3 Å². The van der Waals surface area contributed by atoms with Crippen LogP contribution in [0.5, 0.6) is 0 Å². The molecule has 0 saturated carbocycles. The van der Waals surface area contributed by atoms with Crippen molar-refractivity contribution in [3.8, 4) is 0 Å². The normalized spacial score (nSPS) is 17.5. The smallest absolute Gasteiger partial charge is 0.251 e. The first-order valence-electron chi connectivity index (χ1n) is 7.81. The van der Waals surface area contributed by atoms with E-state index in [1.54, 1.807) is 17.0 Å². The monoisotopic (exact) mass is 335 g/mol. The molecule has 23 heavy (non-hydrogen) atoms. The first-order valence-corrected chi connectivity index (χ1v) is 7.81. The highest BCUT2D eigenvalue weighted by Crippen LogP contribution is 2.22. The topological polar surface area (TPSA) is 61.4 Å². The number of amides is 2. The second-order valence-electron chi connectivity index (χ2n) is 5.70. The molecule has 0 atom stereocenters. The van der Waals surface area contributed by atoms with Gasteiger partial charge in [-0.1, -0.05) is 17.7 Å². The van der Waals surface area contributed by atoms with E-state index in [0.29, 0.717) is 18.5 Å². The van der Waals surface area contributed by atoms with Crippen molar-refractivity contribution in [1.29, 1.82) is 0 Å². The lowest BCUT2D eigenvalue weighted by Gasteiger charge is -2.17. The van der Waals surface area contributed by atoms with Crippen LogP contribution in [-0.2, 0) is 4.79 Å². The fourth-order valence-electron chi connectivity index (χ4n) is 2.86. The third-order valence-electron chi connectivity index (χ3n) is 4.13. The maximum Gasteiger partial charge on any atom is 0.251 e. The molecule has 2 aliphatic rings. The fraction of sp³-hybridized carbons (Fsp3) is 0.412.